The van der Waals surface area contributed by atoms with E-state index in [0.717, 1.165) is 0 Å². The maximum Gasteiger partial charge on any atom is 0.232 e. The summed E-state index contributed by atoms with van der Waals surface area (Å²) >= 11 is 0. The van der Waals surface area contributed by atoms with Crippen LogP contribution in [0.25, 0.3) is 0 Å². The second kappa shape index (κ2) is 7.99. The first kappa shape index (κ1) is 17.5. The van der Waals surface area contributed by atoms with E-state index in [-0.39, 0.29) is 17.7 Å². The molecule has 0 aromatic heterocycles. The predicted octanol–water partition coefficient (Wildman–Crippen LogP) is 1.90. The van der Waals surface area contributed by atoms with Crippen LogP contribution in [0.4, 0.5) is 11.4 Å². The maximum atomic E-state index is 11.7. The first-order chi connectivity index (χ1) is 9.82. The number of nitrogens with two attached hydrogens (primary N) is 1. The molecule has 0 bridgehead atoms. The van der Waals surface area contributed by atoms with Gasteiger partial charge in [0.2, 0.25) is 15.9 Å². The van der Waals surface area contributed by atoms with E-state index in [4.69, 9.17) is 5.73 Å². The van der Waals surface area contributed by atoms with Crippen molar-refractivity contribution in [1.29, 1.82) is 0 Å². The fourth-order valence-corrected chi connectivity index (χ4v) is 2.87. The minimum absolute atomic E-state index is 0.0251. The number of carbonyl (C=O) groups excluding carboxylic acids is 1. The lowest BCUT2D eigenvalue weighted by Crippen LogP contribution is -2.19. The Morgan fingerprint density at radius 3 is 2.62 bits per heavy atom. The lowest BCUT2D eigenvalue weighted by atomic mass is 10.2. The zero-order chi connectivity index (χ0) is 15.9. The van der Waals surface area contributed by atoms with Gasteiger partial charge in [0.15, 0.2) is 0 Å². The quantitative estimate of drug-likeness (QED) is 0.682. The van der Waals surface area contributed by atoms with Crippen LogP contribution in [-0.4, -0.2) is 26.1 Å². The minimum Gasteiger partial charge on any atom is -0.328 e. The van der Waals surface area contributed by atoms with Crippen LogP contribution in [0, 0.1) is 0 Å². The second-order valence-corrected chi connectivity index (χ2v) is 6.91. The molecule has 0 radical (unpaired) electrons. The summed E-state index contributed by atoms with van der Waals surface area (Å²) in [6.45, 7) is 3.64. The van der Waals surface area contributed by atoms with Gasteiger partial charge in [-0.05, 0) is 38.0 Å². The van der Waals surface area contributed by atoms with Gasteiger partial charge in [-0.25, -0.2) is 8.42 Å². The Morgan fingerprint density at radius 1 is 1.33 bits per heavy atom. The molecule has 6 nitrogen and oxygen atoms in total. The summed E-state index contributed by atoms with van der Waals surface area (Å²) < 4.78 is 25.9. The number of nitrogens with one attached hydrogen (secondary N) is 2. The number of anilines is 2. The van der Waals surface area contributed by atoms with Crippen LogP contribution in [-0.2, 0) is 14.8 Å². The lowest BCUT2D eigenvalue weighted by molar-refractivity contribution is -0.116. The summed E-state index contributed by atoms with van der Waals surface area (Å²) in [4.78, 5) is 11.7. The van der Waals surface area contributed by atoms with Crippen molar-refractivity contribution >= 4 is 27.3 Å². The highest BCUT2D eigenvalue weighted by Crippen LogP contribution is 2.17. The molecule has 118 valence electrons. The van der Waals surface area contributed by atoms with E-state index in [1.165, 1.54) is 0 Å². The van der Waals surface area contributed by atoms with Crippen LogP contribution in [0.3, 0.4) is 0 Å². The first-order valence-corrected chi connectivity index (χ1v) is 8.63. The van der Waals surface area contributed by atoms with Crippen LogP contribution in [0.5, 0.6) is 0 Å². The molecule has 0 saturated heterocycles. The van der Waals surface area contributed by atoms with Gasteiger partial charge in [-0.3, -0.25) is 9.52 Å². The number of benzene rings is 1. The summed E-state index contributed by atoms with van der Waals surface area (Å²) in [7, 11) is -3.33. The Morgan fingerprint density at radius 2 is 2.00 bits per heavy atom. The Hall–Kier alpha value is -1.60. The fraction of sp³-hybridized carbons (Fsp3) is 0.500. The number of carbonyl (C=O) groups is 1. The third-order valence-corrected chi connectivity index (χ3v) is 4.21. The maximum absolute atomic E-state index is 11.7. The molecule has 1 unspecified atom stereocenters. The molecular weight excluding hydrogens is 290 g/mol. The summed E-state index contributed by atoms with van der Waals surface area (Å²) in [5, 5.41) is 2.73. The highest BCUT2D eigenvalue weighted by atomic mass is 32.2. The van der Waals surface area contributed by atoms with E-state index >= 15 is 0 Å². The predicted molar refractivity (Wildman–Crippen MR) is 85.7 cm³/mol. The molecule has 1 aromatic carbocycles. The van der Waals surface area contributed by atoms with Crippen LogP contribution in [0.2, 0.25) is 0 Å². The molecule has 0 fully saturated rings. The monoisotopic (exact) mass is 313 g/mol. The van der Waals surface area contributed by atoms with Crippen LogP contribution >= 0.6 is 0 Å². The normalized spacial score (nSPS) is 12.7. The van der Waals surface area contributed by atoms with Crippen molar-refractivity contribution in [2.75, 3.05) is 15.8 Å². The van der Waals surface area contributed by atoms with Crippen molar-refractivity contribution in [3.8, 4) is 0 Å². The largest absolute Gasteiger partial charge is 0.328 e. The average molecular weight is 313 g/mol. The lowest BCUT2D eigenvalue weighted by Gasteiger charge is -2.10. The highest BCUT2D eigenvalue weighted by molar-refractivity contribution is 7.92. The van der Waals surface area contributed by atoms with Gasteiger partial charge in [0.25, 0.3) is 0 Å². The number of hydrogen-bond donors (Lipinski definition) is 3. The molecule has 0 aliphatic carbocycles. The fourth-order valence-electron chi connectivity index (χ4n) is 1.74. The summed E-state index contributed by atoms with van der Waals surface area (Å²) in [5.41, 5.74) is 6.59. The van der Waals surface area contributed by atoms with E-state index in [0.29, 0.717) is 30.6 Å². The Kier molecular flexibility index (Phi) is 6.64. The molecule has 21 heavy (non-hydrogen) atoms. The number of sulfonamides is 1. The average Bonchev–Trinajstić information content (AvgIpc) is 2.36. The Balaban J connectivity index is 2.66. The van der Waals surface area contributed by atoms with E-state index in [1.54, 1.807) is 31.2 Å². The minimum atomic E-state index is -3.33. The van der Waals surface area contributed by atoms with Gasteiger partial charge in [0.1, 0.15) is 0 Å². The van der Waals surface area contributed by atoms with E-state index < -0.39 is 10.0 Å². The third kappa shape index (κ3) is 7.10. The smallest absolute Gasteiger partial charge is 0.232 e. The summed E-state index contributed by atoms with van der Waals surface area (Å²) in [6.07, 6.45) is 1.49. The molecule has 1 rings (SSSR count). The van der Waals surface area contributed by atoms with Gasteiger partial charge in [-0.1, -0.05) is 13.0 Å². The van der Waals surface area contributed by atoms with Gasteiger partial charge in [0, 0.05) is 18.2 Å². The van der Waals surface area contributed by atoms with Gasteiger partial charge in [0.05, 0.1) is 11.4 Å². The van der Waals surface area contributed by atoms with Crippen LogP contribution in [0.15, 0.2) is 24.3 Å². The summed E-state index contributed by atoms with van der Waals surface area (Å²) in [6, 6.07) is 6.61. The molecule has 0 heterocycles. The van der Waals surface area contributed by atoms with Crippen molar-refractivity contribution in [2.24, 2.45) is 5.73 Å². The molecule has 7 heteroatoms. The number of amides is 1. The molecule has 0 saturated carbocycles. The van der Waals surface area contributed by atoms with Gasteiger partial charge < -0.3 is 11.1 Å². The molecule has 0 spiro atoms. The Bertz CT molecular complexity index is 571. The van der Waals surface area contributed by atoms with Crippen molar-refractivity contribution in [2.45, 2.75) is 39.2 Å². The zero-order valence-corrected chi connectivity index (χ0v) is 13.2. The van der Waals surface area contributed by atoms with Gasteiger partial charge >= 0.3 is 0 Å². The number of hydrogen-bond acceptors (Lipinski definition) is 4. The molecule has 0 aliphatic rings. The van der Waals surface area contributed by atoms with Crippen molar-refractivity contribution < 1.29 is 13.2 Å². The number of rotatable bonds is 8. The first-order valence-electron chi connectivity index (χ1n) is 6.98. The second-order valence-electron chi connectivity index (χ2n) is 5.07. The van der Waals surface area contributed by atoms with Crippen molar-refractivity contribution in [3.63, 3.8) is 0 Å². The van der Waals surface area contributed by atoms with E-state index in [2.05, 4.69) is 10.0 Å². The van der Waals surface area contributed by atoms with Crippen LogP contribution in [0.1, 0.15) is 33.1 Å². The molecule has 0 aliphatic heterocycles. The van der Waals surface area contributed by atoms with Crippen molar-refractivity contribution in [1.82, 2.24) is 0 Å². The highest BCUT2D eigenvalue weighted by Gasteiger charge is 2.09. The van der Waals surface area contributed by atoms with E-state index in [1.807, 2.05) is 6.92 Å². The van der Waals surface area contributed by atoms with Crippen molar-refractivity contribution in [3.05, 3.63) is 24.3 Å². The Labute approximate surface area is 126 Å². The molecular formula is C14H23N3O3S. The standard InChI is InChI=1S/C14H23N3O3S/c1-3-9-21(19,20)17-13-6-4-5-12(10-13)16-14(18)8-7-11(2)15/h4-6,10-11,17H,3,7-9,15H2,1-2H3,(H,16,18). The van der Waals surface area contributed by atoms with Gasteiger partial charge in [-0.2, -0.15) is 0 Å². The van der Waals surface area contributed by atoms with E-state index in [9.17, 15) is 13.2 Å². The molecule has 4 N–H and O–H groups in total. The molecule has 1 amide bonds. The van der Waals surface area contributed by atoms with Crippen LogP contribution < -0.4 is 15.8 Å². The van der Waals surface area contributed by atoms with Gasteiger partial charge in [-0.15, -0.1) is 0 Å². The summed E-state index contributed by atoms with van der Waals surface area (Å²) in [5.74, 6) is -0.0707. The zero-order valence-electron chi connectivity index (χ0n) is 12.4. The topological polar surface area (TPSA) is 101 Å². The SMILES string of the molecule is CCCS(=O)(=O)Nc1cccc(NC(=O)CCC(C)N)c1. The third-order valence-electron chi connectivity index (χ3n) is 2.72. The molecule has 1 aromatic rings. The molecule has 1 atom stereocenters.